The van der Waals surface area contributed by atoms with Gasteiger partial charge in [0.2, 0.25) is 0 Å². The molecule has 2 aromatic heterocycles. The fraction of sp³-hybridized carbons (Fsp3) is 0.188. The zero-order chi connectivity index (χ0) is 16.4. The summed E-state index contributed by atoms with van der Waals surface area (Å²) in [5.41, 5.74) is 0.887. The number of fused-ring (bicyclic) bond motifs is 1. The maximum atomic E-state index is 11.8. The lowest BCUT2D eigenvalue weighted by atomic mass is 10.1. The number of carbonyl (C=O) groups is 1. The molecule has 0 saturated heterocycles. The molecule has 1 aromatic carbocycles. The Kier molecular flexibility index (Phi) is 3.84. The van der Waals surface area contributed by atoms with Gasteiger partial charge < -0.3 is 14.5 Å². The van der Waals surface area contributed by atoms with Crippen LogP contribution in [0.25, 0.3) is 11.0 Å². The number of benzene rings is 1. The Morgan fingerprint density at radius 2 is 2.17 bits per heavy atom. The van der Waals surface area contributed by atoms with E-state index in [4.69, 9.17) is 9.15 Å². The molecule has 0 fully saturated rings. The van der Waals surface area contributed by atoms with Gasteiger partial charge in [-0.05, 0) is 30.7 Å². The summed E-state index contributed by atoms with van der Waals surface area (Å²) in [4.78, 5) is 23.1. The van der Waals surface area contributed by atoms with Crippen LogP contribution in [0.3, 0.4) is 0 Å². The van der Waals surface area contributed by atoms with Crippen LogP contribution in [0, 0.1) is 6.92 Å². The van der Waals surface area contributed by atoms with Crippen molar-refractivity contribution in [2.75, 3.05) is 11.9 Å². The average molecular weight is 313 g/mol. The largest absolute Gasteiger partial charge is 0.484 e. The highest BCUT2D eigenvalue weighted by Crippen LogP contribution is 2.22. The lowest BCUT2D eigenvalue weighted by Gasteiger charge is -2.07. The van der Waals surface area contributed by atoms with Gasteiger partial charge in [-0.3, -0.25) is 9.48 Å². The molecule has 0 aliphatic rings. The van der Waals surface area contributed by atoms with Crippen LogP contribution >= 0.6 is 0 Å². The summed E-state index contributed by atoms with van der Waals surface area (Å²) in [6.45, 7) is 1.68. The predicted molar refractivity (Wildman–Crippen MR) is 84.6 cm³/mol. The Morgan fingerprint density at radius 1 is 1.35 bits per heavy atom. The first kappa shape index (κ1) is 14.8. The van der Waals surface area contributed by atoms with Gasteiger partial charge in [0.25, 0.3) is 5.91 Å². The Morgan fingerprint density at radius 3 is 2.91 bits per heavy atom. The van der Waals surface area contributed by atoms with Gasteiger partial charge in [-0.25, -0.2) is 4.79 Å². The number of aromatic nitrogens is 2. The van der Waals surface area contributed by atoms with Crippen molar-refractivity contribution >= 4 is 22.7 Å². The molecule has 3 rings (SSSR count). The van der Waals surface area contributed by atoms with Gasteiger partial charge in [0.05, 0.1) is 0 Å². The highest BCUT2D eigenvalue weighted by Gasteiger charge is 2.08. The van der Waals surface area contributed by atoms with E-state index < -0.39 is 5.63 Å². The van der Waals surface area contributed by atoms with Crippen molar-refractivity contribution in [3.05, 3.63) is 52.5 Å². The van der Waals surface area contributed by atoms with Crippen LogP contribution in [0.1, 0.15) is 5.56 Å². The van der Waals surface area contributed by atoms with Gasteiger partial charge >= 0.3 is 5.63 Å². The standard InChI is InChI=1S/C16H15N3O4/c1-10-7-16(21)23-13-4-3-11(8-12(10)13)22-9-15(20)17-14-5-6-19(2)18-14/h3-8H,9H2,1-2H3,(H,17,18,20). The monoisotopic (exact) mass is 313 g/mol. The zero-order valence-corrected chi connectivity index (χ0v) is 12.7. The van der Waals surface area contributed by atoms with Gasteiger partial charge in [-0.2, -0.15) is 5.10 Å². The SMILES string of the molecule is Cc1cc(=O)oc2ccc(OCC(=O)Nc3ccn(C)n3)cc12. The van der Waals surface area contributed by atoms with E-state index in [1.54, 1.807) is 42.2 Å². The quantitative estimate of drug-likeness (QED) is 0.743. The van der Waals surface area contributed by atoms with Crippen molar-refractivity contribution < 1.29 is 13.9 Å². The van der Waals surface area contributed by atoms with E-state index >= 15 is 0 Å². The van der Waals surface area contributed by atoms with Crippen LogP contribution in [-0.4, -0.2) is 22.3 Å². The summed E-state index contributed by atoms with van der Waals surface area (Å²) in [5, 5.41) is 7.46. The van der Waals surface area contributed by atoms with E-state index in [0.717, 1.165) is 10.9 Å². The van der Waals surface area contributed by atoms with Gasteiger partial charge in [0, 0.05) is 30.8 Å². The van der Waals surface area contributed by atoms with E-state index in [2.05, 4.69) is 10.4 Å². The summed E-state index contributed by atoms with van der Waals surface area (Å²) >= 11 is 0. The fourth-order valence-corrected chi connectivity index (χ4v) is 2.20. The second-order valence-corrected chi connectivity index (χ2v) is 5.12. The maximum absolute atomic E-state index is 11.8. The van der Waals surface area contributed by atoms with Crippen molar-refractivity contribution in [1.29, 1.82) is 0 Å². The molecule has 7 nitrogen and oxygen atoms in total. The summed E-state index contributed by atoms with van der Waals surface area (Å²) in [7, 11) is 1.77. The Hall–Kier alpha value is -3.09. The number of rotatable bonds is 4. The van der Waals surface area contributed by atoms with E-state index in [1.807, 2.05) is 6.92 Å². The molecule has 0 bridgehead atoms. The molecule has 0 aliphatic heterocycles. The smallest absolute Gasteiger partial charge is 0.336 e. The molecule has 0 saturated carbocycles. The third kappa shape index (κ3) is 3.39. The van der Waals surface area contributed by atoms with Crippen LogP contribution in [-0.2, 0) is 11.8 Å². The first-order valence-corrected chi connectivity index (χ1v) is 6.98. The number of aryl methyl sites for hydroxylation is 2. The number of anilines is 1. The lowest BCUT2D eigenvalue weighted by Crippen LogP contribution is -2.20. The first-order chi connectivity index (χ1) is 11.0. The van der Waals surface area contributed by atoms with Gasteiger partial charge in [-0.1, -0.05) is 0 Å². The van der Waals surface area contributed by atoms with Crippen molar-refractivity contribution in [3.8, 4) is 5.75 Å². The maximum Gasteiger partial charge on any atom is 0.336 e. The molecular weight excluding hydrogens is 298 g/mol. The number of amides is 1. The van der Waals surface area contributed by atoms with Gasteiger partial charge in [0.15, 0.2) is 12.4 Å². The third-order valence-corrected chi connectivity index (χ3v) is 3.27. The number of hydrogen-bond acceptors (Lipinski definition) is 5. The van der Waals surface area contributed by atoms with E-state index in [-0.39, 0.29) is 12.5 Å². The normalized spacial score (nSPS) is 10.7. The Labute approximate surface area is 131 Å². The van der Waals surface area contributed by atoms with Crippen molar-refractivity contribution in [2.45, 2.75) is 6.92 Å². The highest BCUT2D eigenvalue weighted by atomic mass is 16.5. The molecule has 0 spiro atoms. The zero-order valence-electron chi connectivity index (χ0n) is 12.7. The summed E-state index contributed by atoms with van der Waals surface area (Å²) < 4.78 is 12.2. The molecule has 3 aromatic rings. The molecule has 0 aliphatic carbocycles. The van der Waals surface area contributed by atoms with Crippen molar-refractivity contribution in [2.24, 2.45) is 7.05 Å². The van der Waals surface area contributed by atoms with Crippen LogP contribution in [0.2, 0.25) is 0 Å². The topological polar surface area (TPSA) is 86.4 Å². The van der Waals surface area contributed by atoms with Crippen molar-refractivity contribution in [3.63, 3.8) is 0 Å². The Balaban J connectivity index is 1.69. The number of carbonyl (C=O) groups excluding carboxylic acids is 1. The number of ether oxygens (including phenoxy) is 1. The molecule has 23 heavy (non-hydrogen) atoms. The molecule has 2 heterocycles. The molecule has 1 amide bonds. The average Bonchev–Trinajstić information content (AvgIpc) is 2.90. The van der Waals surface area contributed by atoms with E-state index in [0.29, 0.717) is 17.2 Å². The van der Waals surface area contributed by atoms with Crippen LogP contribution < -0.4 is 15.7 Å². The molecule has 7 heteroatoms. The van der Waals surface area contributed by atoms with Crippen LogP contribution in [0.4, 0.5) is 5.82 Å². The highest BCUT2D eigenvalue weighted by molar-refractivity contribution is 5.91. The molecule has 0 unspecified atom stereocenters. The van der Waals surface area contributed by atoms with Gasteiger partial charge in [0.1, 0.15) is 11.3 Å². The minimum absolute atomic E-state index is 0.141. The number of nitrogens with one attached hydrogen (secondary N) is 1. The molecular formula is C16H15N3O4. The molecule has 1 N–H and O–H groups in total. The molecule has 0 radical (unpaired) electrons. The van der Waals surface area contributed by atoms with Crippen LogP contribution in [0.5, 0.6) is 5.75 Å². The molecule has 0 atom stereocenters. The van der Waals surface area contributed by atoms with Crippen molar-refractivity contribution in [1.82, 2.24) is 9.78 Å². The second kappa shape index (κ2) is 5.96. The fourth-order valence-electron chi connectivity index (χ4n) is 2.20. The number of hydrogen-bond donors (Lipinski definition) is 1. The van der Waals surface area contributed by atoms with Gasteiger partial charge in [-0.15, -0.1) is 0 Å². The summed E-state index contributed by atoms with van der Waals surface area (Å²) in [6, 6.07) is 8.15. The third-order valence-electron chi connectivity index (χ3n) is 3.27. The second-order valence-electron chi connectivity index (χ2n) is 5.12. The minimum Gasteiger partial charge on any atom is -0.484 e. The lowest BCUT2D eigenvalue weighted by molar-refractivity contribution is -0.118. The van der Waals surface area contributed by atoms with Crippen LogP contribution in [0.15, 0.2) is 45.7 Å². The minimum atomic E-state index is -0.390. The summed E-state index contributed by atoms with van der Waals surface area (Å²) in [5.74, 6) is 0.683. The predicted octanol–water partition coefficient (Wildman–Crippen LogP) is 1.85. The van der Waals surface area contributed by atoms with E-state index in [9.17, 15) is 9.59 Å². The molecule has 118 valence electrons. The Bertz CT molecular complexity index is 926. The first-order valence-electron chi connectivity index (χ1n) is 6.98. The summed E-state index contributed by atoms with van der Waals surface area (Å²) in [6.07, 6.45) is 1.73. The number of nitrogens with zero attached hydrogens (tertiary/aromatic N) is 2. The van der Waals surface area contributed by atoms with E-state index in [1.165, 1.54) is 6.07 Å².